The highest BCUT2D eigenvalue weighted by molar-refractivity contribution is 5.91. The van der Waals surface area contributed by atoms with Gasteiger partial charge in [-0.15, -0.1) is 0 Å². The summed E-state index contributed by atoms with van der Waals surface area (Å²) in [5, 5.41) is 10.2. The molecule has 0 fully saturated rings. The Bertz CT molecular complexity index is 1280. The number of aliphatic carboxylic acids is 1. The first-order valence-corrected chi connectivity index (χ1v) is 10.1. The third-order valence-corrected chi connectivity index (χ3v) is 5.41. The Balaban J connectivity index is 1.79. The van der Waals surface area contributed by atoms with Crippen LogP contribution >= 0.6 is 0 Å². The van der Waals surface area contributed by atoms with Gasteiger partial charge in [0.15, 0.2) is 23.0 Å². The molecule has 11 heteroatoms. The number of methoxy groups -OCH3 is 1. The quantitative estimate of drug-likeness (QED) is 0.440. The molecule has 7 nitrogen and oxygen atoms in total. The van der Waals surface area contributed by atoms with Crippen molar-refractivity contribution >= 4 is 16.9 Å². The molecule has 1 aromatic heterocycles. The van der Waals surface area contributed by atoms with Gasteiger partial charge in [-0.25, -0.2) is 0 Å². The van der Waals surface area contributed by atoms with Crippen molar-refractivity contribution in [2.75, 3.05) is 7.11 Å². The minimum absolute atomic E-state index is 0.0338. The lowest BCUT2D eigenvalue weighted by molar-refractivity contribution is -0.391. The number of nitrogens with zero attached hydrogens (tertiary/aromatic N) is 1. The normalized spacial score (nSPS) is 16.7. The van der Waals surface area contributed by atoms with Gasteiger partial charge in [0.1, 0.15) is 5.75 Å². The van der Waals surface area contributed by atoms with E-state index in [9.17, 15) is 27.5 Å². The molecule has 3 aromatic rings. The van der Waals surface area contributed by atoms with Gasteiger partial charge in [0.25, 0.3) is 0 Å². The molecule has 2 heterocycles. The van der Waals surface area contributed by atoms with Crippen molar-refractivity contribution < 1.29 is 46.4 Å². The number of ether oxygens (including phenoxy) is 4. The lowest BCUT2D eigenvalue weighted by Crippen LogP contribution is -2.52. The number of benzene rings is 2. The summed E-state index contributed by atoms with van der Waals surface area (Å²) in [5.41, 5.74) is 1.69. The summed E-state index contributed by atoms with van der Waals surface area (Å²) in [5.74, 6) is -2.70. The predicted molar refractivity (Wildman–Crippen MR) is 111 cm³/mol. The Morgan fingerprint density at radius 3 is 2.38 bits per heavy atom. The first kappa shape index (κ1) is 23.4. The van der Waals surface area contributed by atoms with E-state index >= 15 is 0 Å². The zero-order valence-electron chi connectivity index (χ0n) is 18.2. The number of rotatable bonds is 6. The van der Waals surface area contributed by atoms with Crippen LogP contribution in [-0.4, -0.2) is 35.4 Å². The summed E-state index contributed by atoms with van der Waals surface area (Å²) < 4.78 is 73.3. The average molecular weight is 481 g/mol. The Labute approximate surface area is 190 Å². The summed E-state index contributed by atoms with van der Waals surface area (Å²) in [4.78, 5) is 16.2. The molecule has 1 aliphatic rings. The van der Waals surface area contributed by atoms with Crippen LogP contribution in [0.25, 0.3) is 10.9 Å². The number of fused-ring (bicyclic) bond motifs is 2. The zero-order valence-corrected chi connectivity index (χ0v) is 18.2. The Kier molecular flexibility index (Phi) is 5.66. The number of aromatic nitrogens is 1. The molecule has 1 N–H and O–H groups in total. The van der Waals surface area contributed by atoms with E-state index in [4.69, 9.17) is 9.47 Å². The highest BCUT2D eigenvalue weighted by Gasteiger charge is 2.66. The molecule has 0 bridgehead atoms. The number of hydrogen-bond acceptors (Lipinski definition) is 6. The van der Waals surface area contributed by atoms with Gasteiger partial charge in [-0.05, 0) is 42.7 Å². The summed E-state index contributed by atoms with van der Waals surface area (Å²) in [7, 11) is 1.38. The van der Waals surface area contributed by atoms with E-state index in [1.807, 2.05) is 0 Å². The van der Waals surface area contributed by atoms with Crippen LogP contribution in [0.1, 0.15) is 30.4 Å². The molecule has 1 atom stereocenters. The molecule has 2 aromatic carbocycles. The number of hydrogen-bond donors (Lipinski definition) is 1. The van der Waals surface area contributed by atoms with Crippen LogP contribution in [0.15, 0.2) is 36.5 Å². The third-order valence-electron chi connectivity index (χ3n) is 5.41. The van der Waals surface area contributed by atoms with Crippen molar-refractivity contribution in [3.8, 4) is 28.7 Å². The Morgan fingerprint density at radius 1 is 1.09 bits per heavy atom. The van der Waals surface area contributed by atoms with Gasteiger partial charge in [0.05, 0.1) is 18.5 Å². The van der Waals surface area contributed by atoms with Gasteiger partial charge in [0.2, 0.25) is 0 Å². The minimum Gasteiger partial charge on any atom is -0.493 e. The molecule has 1 aliphatic heterocycles. The van der Waals surface area contributed by atoms with Gasteiger partial charge in [-0.1, -0.05) is 6.92 Å². The van der Waals surface area contributed by atoms with Gasteiger partial charge in [-0.3, -0.25) is 9.78 Å². The monoisotopic (exact) mass is 481 g/mol. The predicted octanol–water partition coefficient (Wildman–Crippen LogP) is 5.88. The van der Waals surface area contributed by atoms with E-state index in [1.54, 1.807) is 26.1 Å². The topological polar surface area (TPSA) is 87.1 Å². The van der Waals surface area contributed by atoms with E-state index in [1.165, 1.54) is 19.2 Å². The van der Waals surface area contributed by atoms with Crippen LogP contribution in [0.5, 0.6) is 28.7 Å². The van der Waals surface area contributed by atoms with Crippen LogP contribution < -0.4 is 18.9 Å². The Hall–Kier alpha value is -3.76. The lowest BCUT2D eigenvalue weighted by atomic mass is 9.90. The van der Waals surface area contributed by atoms with Crippen molar-refractivity contribution in [1.29, 1.82) is 0 Å². The first-order valence-electron chi connectivity index (χ1n) is 10.1. The molecule has 0 radical (unpaired) electrons. The van der Waals surface area contributed by atoms with Crippen LogP contribution in [0, 0.1) is 6.92 Å². The molecular weight excluding hydrogens is 462 g/mol. The summed E-state index contributed by atoms with van der Waals surface area (Å²) in [6.07, 6.45) is -7.80. The van der Waals surface area contributed by atoms with Gasteiger partial charge in [0, 0.05) is 23.7 Å². The summed E-state index contributed by atoms with van der Waals surface area (Å²) in [6, 6.07) is 6.30. The SMILES string of the molecule is CCC(C(=O)O)c1c(C)cnc2cc(OC)c(Oc3ccc4c(c3)OC(F)(F)C(F)(F)O4)cc12. The molecule has 0 spiro atoms. The van der Waals surface area contributed by atoms with Crippen molar-refractivity contribution in [2.45, 2.75) is 38.4 Å². The second-order valence-corrected chi connectivity index (χ2v) is 7.62. The smallest absolute Gasteiger partial charge is 0.493 e. The lowest BCUT2D eigenvalue weighted by Gasteiger charge is -2.31. The standard InChI is InChI=1S/C23H19F4NO6/c1-4-13(21(29)30)20-11(2)10-28-15-9-17(31-3)18(8-14(15)20)32-12-5-6-16-19(7-12)34-23(26,27)22(24,25)33-16/h5-10,13H,4H2,1-3H3,(H,29,30). The number of halogens is 4. The van der Waals surface area contributed by atoms with E-state index < -0.39 is 35.6 Å². The van der Waals surface area contributed by atoms with E-state index in [0.29, 0.717) is 28.5 Å². The van der Waals surface area contributed by atoms with Crippen LogP contribution in [0.3, 0.4) is 0 Å². The van der Waals surface area contributed by atoms with Crippen molar-refractivity contribution in [3.05, 3.63) is 47.7 Å². The van der Waals surface area contributed by atoms with E-state index in [2.05, 4.69) is 14.5 Å². The molecule has 0 saturated heterocycles. The molecule has 0 amide bonds. The maximum absolute atomic E-state index is 13.6. The molecule has 1 unspecified atom stereocenters. The summed E-state index contributed by atoms with van der Waals surface area (Å²) >= 11 is 0. The molecule has 180 valence electrons. The fourth-order valence-corrected chi connectivity index (χ4v) is 3.76. The molecule has 0 aliphatic carbocycles. The molecule has 0 saturated carbocycles. The fraction of sp³-hybridized carbons (Fsp3) is 0.304. The molecule has 34 heavy (non-hydrogen) atoms. The van der Waals surface area contributed by atoms with Gasteiger partial charge < -0.3 is 24.1 Å². The zero-order chi connectivity index (χ0) is 24.8. The van der Waals surface area contributed by atoms with Gasteiger partial charge >= 0.3 is 18.2 Å². The third kappa shape index (κ3) is 3.91. The van der Waals surface area contributed by atoms with E-state index in [-0.39, 0.29) is 17.2 Å². The number of alkyl halides is 4. The summed E-state index contributed by atoms with van der Waals surface area (Å²) in [6.45, 7) is 3.49. The van der Waals surface area contributed by atoms with Crippen LogP contribution in [-0.2, 0) is 4.79 Å². The van der Waals surface area contributed by atoms with Crippen molar-refractivity contribution in [2.24, 2.45) is 0 Å². The maximum Gasteiger partial charge on any atom is 0.507 e. The molecule has 4 rings (SSSR count). The second-order valence-electron chi connectivity index (χ2n) is 7.62. The van der Waals surface area contributed by atoms with Gasteiger partial charge in [-0.2, -0.15) is 17.6 Å². The highest BCUT2D eigenvalue weighted by Crippen LogP contribution is 2.48. The van der Waals surface area contributed by atoms with Crippen molar-refractivity contribution in [3.63, 3.8) is 0 Å². The maximum atomic E-state index is 13.6. The number of aryl methyl sites for hydroxylation is 1. The van der Waals surface area contributed by atoms with Crippen LogP contribution in [0.4, 0.5) is 17.6 Å². The number of carboxylic acid groups (broad SMARTS) is 1. The first-order chi connectivity index (χ1) is 16.0. The minimum atomic E-state index is -4.87. The second kappa shape index (κ2) is 8.23. The Morgan fingerprint density at radius 2 is 1.76 bits per heavy atom. The fourth-order valence-electron chi connectivity index (χ4n) is 3.76. The largest absolute Gasteiger partial charge is 0.507 e. The molecular formula is C23H19F4NO6. The number of carboxylic acids is 1. The number of carbonyl (C=O) groups is 1. The van der Waals surface area contributed by atoms with E-state index in [0.717, 1.165) is 12.1 Å². The average Bonchev–Trinajstić information content (AvgIpc) is 2.76. The van der Waals surface area contributed by atoms with Crippen LogP contribution in [0.2, 0.25) is 0 Å². The number of pyridine rings is 1. The highest BCUT2D eigenvalue weighted by atomic mass is 19.3. The van der Waals surface area contributed by atoms with Crippen molar-refractivity contribution in [1.82, 2.24) is 4.98 Å².